The molecule has 1 aromatic rings. The third-order valence-corrected chi connectivity index (χ3v) is 2.67. The number of amides is 1. The lowest BCUT2D eigenvalue weighted by molar-refractivity contribution is -0.121. The lowest BCUT2D eigenvalue weighted by Crippen LogP contribution is -2.31. The summed E-state index contributed by atoms with van der Waals surface area (Å²) in [6, 6.07) is 5.88. The van der Waals surface area contributed by atoms with Crippen LogP contribution >= 0.6 is 0 Å². The number of carbonyl (C=O) groups excluding carboxylic acids is 1. The summed E-state index contributed by atoms with van der Waals surface area (Å²) in [7, 11) is 0. The third-order valence-electron chi connectivity index (χ3n) is 2.67. The number of ether oxygens (including phenoxy) is 2. The van der Waals surface area contributed by atoms with E-state index in [0.717, 1.165) is 17.2 Å². The summed E-state index contributed by atoms with van der Waals surface area (Å²) in [6.45, 7) is 5.67. The van der Waals surface area contributed by atoms with Crippen molar-refractivity contribution in [1.29, 1.82) is 0 Å². The molecule has 1 heterocycles. The average Bonchev–Trinajstić information content (AvgIpc) is 2.37. The molecular formula is C14H20N2O3. The summed E-state index contributed by atoms with van der Waals surface area (Å²) in [4.78, 5) is 11.5. The molecular weight excluding hydrogens is 244 g/mol. The van der Waals surface area contributed by atoms with Crippen molar-refractivity contribution < 1.29 is 14.3 Å². The quantitative estimate of drug-likeness (QED) is 0.851. The van der Waals surface area contributed by atoms with Crippen LogP contribution < -0.4 is 20.1 Å². The number of hydrogen-bond acceptors (Lipinski definition) is 4. The summed E-state index contributed by atoms with van der Waals surface area (Å²) >= 11 is 0. The topological polar surface area (TPSA) is 59.6 Å². The largest absolute Gasteiger partial charge is 0.486 e. The van der Waals surface area contributed by atoms with Crippen molar-refractivity contribution in [2.45, 2.75) is 26.3 Å². The zero-order chi connectivity index (χ0) is 13.7. The summed E-state index contributed by atoms with van der Waals surface area (Å²) in [5, 5.41) is 6.06. The van der Waals surface area contributed by atoms with Crippen LogP contribution in [-0.4, -0.2) is 31.7 Å². The van der Waals surface area contributed by atoms with Gasteiger partial charge in [0.05, 0.1) is 0 Å². The normalized spacial score (nSPS) is 13.2. The number of hydrogen-bond donors (Lipinski definition) is 2. The lowest BCUT2D eigenvalue weighted by Gasteiger charge is -2.19. The average molecular weight is 264 g/mol. The van der Waals surface area contributed by atoms with E-state index in [1.54, 1.807) is 0 Å². The van der Waals surface area contributed by atoms with Crippen molar-refractivity contribution in [3.05, 3.63) is 18.2 Å². The Morgan fingerprint density at radius 1 is 1.26 bits per heavy atom. The van der Waals surface area contributed by atoms with Crippen LogP contribution in [0, 0.1) is 0 Å². The van der Waals surface area contributed by atoms with Gasteiger partial charge in [0, 0.05) is 30.8 Å². The Labute approximate surface area is 113 Å². The van der Waals surface area contributed by atoms with Crippen LogP contribution in [0.1, 0.15) is 20.3 Å². The molecule has 1 aliphatic rings. The molecule has 1 aromatic carbocycles. The van der Waals surface area contributed by atoms with E-state index >= 15 is 0 Å². The minimum atomic E-state index is 0.0556. The monoisotopic (exact) mass is 264 g/mol. The SMILES string of the molecule is CC(C)NC(=O)CCNc1ccc2c(c1)OCCO2. The first-order valence-electron chi connectivity index (χ1n) is 6.58. The van der Waals surface area contributed by atoms with Crippen LogP contribution in [0.3, 0.4) is 0 Å². The van der Waals surface area contributed by atoms with Crippen LogP contribution in [0.5, 0.6) is 11.5 Å². The number of fused-ring (bicyclic) bond motifs is 1. The Balaban J connectivity index is 1.81. The van der Waals surface area contributed by atoms with Gasteiger partial charge in [-0.25, -0.2) is 0 Å². The van der Waals surface area contributed by atoms with Gasteiger partial charge in [0.2, 0.25) is 5.91 Å². The van der Waals surface area contributed by atoms with Gasteiger partial charge in [0.1, 0.15) is 13.2 Å². The molecule has 0 unspecified atom stereocenters. The van der Waals surface area contributed by atoms with Gasteiger partial charge < -0.3 is 20.1 Å². The predicted octanol–water partition coefficient (Wildman–Crippen LogP) is 1.78. The first kappa shape index (κ1) is 13.5. The van der Waals surface area contributed by atoms with Gasteiger partial charge >= 0.3 is 0 Å². The van der Waals surface area contributed by atoms with Crippen LogP contribution in [0.15, 0.2) is 18.2 Å². The zero-order valence-electron chi connectivity index (χ0n) is 11.4. The maximum Gasteiger partial charge on any atom is 0.221 e. The Morgan fingerprint density at radius 3 is 2.74 bits per heavy atom. The molecule has 0 aromatic heterocycles. The molecule has 0 radical (unpaired) electrons. The van der Waals surface area contributed by atoms with E-state index in [0.29, 0.717) is 26.2 Å². The molecule has 0 spiro atoms. The van der Waals surface area contributed by atoms with Gasteiger partial charge in [0.15, 0.2) is 11.5 Å². The van der Waals surface area contributed by atoms with Gasteiger partial charge in [0.25, 0.3) is 0 Å². The predicted molar refractivity (Wildman–Crippen MR) is 73.8 cm³/mol. The number of benzene rings is 1. The van der Waals surface area contributed by atoms with E-state index < -0.39 is 0 Å². The van der Waals surface area contributed by atoms with Crippen molar-refractivity contribution in [2.24, 2.45) is 0 Å². The molecule has 2 rings (SSSR count). The fraction of sp³-hybridized carbons (Fsp3) is 0.500. The molecule has 104 valence electrons. The zero-order valence-corrected chi connectivity index (χ0v) is 11.4. The molecule has 0 aliphatic carbocycles. The standard InChI is InChI=1S/C14H20N2O3/c1-10(2)16-14(17)5-6-15-11-3-4-12-13(9-11)19-8-7-18-12/h3-4,9-10,15H,5-8H2,1-2H3,(H,16,17). The highest BCUT2D eigenvalue weighted by atomic mass is 16.6. The van der Waals surface area contributed by atoms with Crippen molar-refractivity contribution in [3.63, 3.8) is 0 Å². The van der Waals surface area contributed by atoms with E-state index in [-0.39, 0.29) is 11.9 Å². The van der Waals surface area contributed by atoms with E-state index in [2.05, 4.69) is 10.6 Å². The molecule has 2 N–H and O–H groups in total. The molecule has 19 heavy (non-hydrogen) atoms. The second-order valence-electron chi connectivity index (χ2n) is 4.76. The van der Waals surface area contributed by atoms with Crippen LogP contribution in [0.4, 0.5) is 5.69 Å². The molecule has 5 nitrogen and oxygen atoms in total. The van der Waals surface area contributed by atoms with Crippen LogP contribution in [-0.2, 0) is 4.79 Å². The smallest absolute Gasteiger partial charge is 0.221 e. The highest BCUT2D eigenvalue weighted by Gasteiger charge is 2.11. The summed E-state index contributed by atoms with van der Waals surface area (Å²) in [6.07, 6.45) is 0.451. The Kier molecular flexibility index (Phi) is 4.49. The summed E-state index contributed by atoms with van der Waals surface area (Å²) in [5.74, 6) is 1.58. The van der Waals surface area contributed by atoms with E-state index in [1.807, 2.05) is 32.0 Å². The van der Waals surface area contributed by atoms with E-state index in [4.69, 9.17) is 9.47 Å². The van der Waals surface area contributed by atoms with Gasteiger partial charge in [-0.3, -0.25) is 4.79 Å². The molecule has 0 fully saturated rings. The van der Waals surface area contributed by atoms with Gasteiger partial charge in [-0.15, -0.1) is 0 Å². The molecule has 0 atom stereocenters. The highest BCUT2D eigenvalue weighted by molar-refractivity contribution is 5.76. The van der Waals surface area contributed by atoms with Gasteiger partial charge in [-0.05, 0) is 26.0 Å². The van der Waals surface area contributed by atoms with Crippen molar-refractivity contribution in [2.75, 3.05) is 25.1 Å². The number of carbonyl (C=O) groups is 1. The first-order chi connectivity index (χ1) is 9.15. The van der Waals surface area contributed by atoms with Gasteiger partial charge in [-0.1, -0.05) is 0 Å². The molecule has 5 heteroatoms. The van der Waals surface area contributed by atoms with Crippen molar-refractivity contribution >= 4 is 11.6 Å². The fourth-order valence-corrected chi connectivity index (χ4v) is 1.87. The highest BCUT2D eigenvalue weighted by Crippen LogP contribution is 2.32. The van der Waals surface area contributed by atoms with Crippen molar-refractivity contribution in [1.82, 2.24) is 5.32 Å². The summed E-state index contributed by atoms with van der Waals surface area (Å²) < 4.78 is 10.9. The Morgan fingerprint density at radius 2 is 2.00 bits per heavy atom. The fourth-order valence-electron chi connectivity index (χ4n) is 1.87. The maximum absolute atomic E-state index is 11.5. The number of nitrogens with one attached hydrogen (secondary N) is 2. The minimum Gasteiger partial charge on any atom is -0.486 e. The molecule has 0 saturated carbocycles. The van der Waals surface area contributed by atoms with Crippen molar-refractivity contribution in [3.8, 4) is 11.5 Å². The van der Waals surface area contributed by atoms with E-state index in [1.165, 1.54) is 0 Å². The van der Waals surface area contributed by atoms with E-state index in [9.17, 15) is 4.79 Å². The Hall–Kier alpha value is -1.91. The molecule has 1 amide bonds. The summed E-state index contributed by atoms with van der Waals surface area (Å²) in [5.41, 5.74) is 0.932. The third kappa shape index (κ3) is 4.05. The van der Waals surface area contributed by atoms with Crippen LogP contribution in [0.25, 0.3) is 0 Å². The Bertz CT molecular complexity index is 446. The second-order valence-corrected chi connectivity index (χ2v) is 4.76. The molecule has 1 aliphatic heterocycles. The molecule has 0 bridgehead atoms. The maximum atomic E-state index is 11.5. The number of rotatable bonds is 5. The van der Waals surface area contributed by atoms with Crippen LogP contribution in [0.2, 0.25) is 0 Å². The second kappa shape index (κ2) is 6.31. The lowest BCUT2D eigenvalue weighted by atomic mass is 10.2. The number of anilines is 1. The minimum absolute atomic E-state index is 0.0556. The first-order valence-corrected chi connectivity index (χ1v) is 6.58. The molecule has 0 saturated heterocycles. The van der Waals surface area contributed by atoms with Gasteiger partial charge in [-0.2, -0.15) is 0 Å².